The quantitative estimate of drug-likeness (QED) is 0.170. The van der Waals surface area contributed by atoms with E-state index in [1.165, 1.54) is 0 Å². The van der Waals surface area contributed by atoms with Crippen LogP contribution in [0.4, 0.5) is 15.4 Å². The molecule has 4 heterocycles. The fourth-order valence-corrected chi connectivity index (χ4v) is 6.91. The van der Waals surface area contributed by atoms with Gasteiger partial charge in [-0.15, -0.1) is 0 Å². The predicted octanol–water partition coefficient (Wildman–Crippen LogP) is 8.79. The number of imide groups is 1. The number of ether oxygens (including phenoxy) is 4. The van der Waals surface area contributed by atoms with Crippen LogP contribution < -0.4 is 9.64 Å². The minimum absolute atomic E-state index is 0.0496. The fraction of sp³-hybridized carbons (Fsp3) is 0.541. The van der Waals surface area contributed by atoms with Gasteiger partial charge in [-0.2, -0.15) is 20.2 Å². The van der Waals surface area contributed by atoms with Crippen LogP contribution in [-0.4, -0.2) is 61.3 Å². The maximum absolute atomic E-state index is 14.2. The average molecular weight is 750 g/mol. The van der Waals surface area contributed by atoms with E-state index in [9.17, 15) is 14.9 Å². The maximum atomic E-state index is 14.2. The third kappa shape index (κ3) is 6.92. The molecular weight excluding hydrogens is 704 g/mol. The molecule has 2 amide bonds. The summed E-state index contributed by atoms with van der Waals surface area (Å²) in [5, 5.41) is 17.6. The van der Waals surface area contributed by atoms with Crippen LogP contribution in [-0.2, 0) is 14.2 Å². The standard InChI is InChI=1S/C37H45BrN6O6/c1-22-12-13-27-26(19-40-44(27)28-11-9-10-16-47-28)29(22)42-30-24(17-23(2)31(41-30)48-21-37(20-38)14-15-37)25(18-39)32(42)43(33(45)49-35(3,4)5)34(46)50-36(6,7)8/h12-13,17,19,28H,9-11,14-16,20-21H2,1-8H3. The smallest absolute Gasteiger partial charge is 0.425 e. The molecule has 1 atom stereocenters. The highest BCUT2D eigenvalue weighted by molar-refractivity contribution is 9.09. The molecule has 1 aliphatic carbocycles. The zero-order valence-electron chi connectivity index (χ0n) is 30.1. The number of amides is 2. The van der Waals surface area contributed by atoms with E-state index in [1.807, 2.05) is 36.7 Å². The summed E-state index contributed by atoms with van der Waals surface area (Å²) in [5.74, 6) is 0.350. The van der Waals surface area contributed by atoms with Crippen LogP contribution in [0.25, 0.3) is 27.6 Å². The summed E-state index contributed by atoms with van der Waals surface area (Å²) < 4.78 is 27.6. The number of rotatable bonds is 7. The number of carbonyl (C=O) groups is 2. The highest BCUT2D eigenvalue weighted by Gasteiger charge is 2.43. The molecule has 50 heavy (non-hydrogen) atoms. The van der Waals surface area contributed by atoms with Gasteiger partial charge in [0.1, 0.15) is 22.8 Å². The molecule has 1 aliphatic heterocycles. The van der Waals surface area contributed by atoms with Crippen molar-refractivity contribution in [3.63, 3.8) is 0 Å². The van der Waals surface area contributed by atoms with Gasteiger partial charge in [0.2, 0.25) is 5.88 Å². The number of nitriles is 1. The Labute approximate surface area is 300 Å². The number of anilines is 1. The molecule has 0 radical (unpaired) electrons. The van der Waals surface area contributed by atoms with E-state index in [4.69, 9.17) is 29.0 Å². The van der Waals surface area contributed by atoms with E-state index in [0.717, 1.165) is 58.8 Å². The lowest BCUT2D eigenvalue weighted by molar-refractivity contribution is -0.0366. The Morgan fingerprint density at radius 3 is 2.30 bits per heavy atom. The van der Waals surface area contributed by atoms with Gasteiger partial charge in [0.25, 0.3) is 0 Å². The summed E-state index contributed by atoms with van der Waals surface area (Å²) in [6, 6.07) is 8.04. The van der Waals surface area contributed by atoms with Crippen molar-refractivity contribution in [3.05, 3.63) is 41.1 Å². The Bertz CT molecular complexity index is 1970. The number of aryl methyl sites for hydroxylation is 2. The number of nitrogens with zero attached hydrogens (tertiary/aromatic N) is 6. The predicted molar refractivity (Wildman–Crippen MR) is 193 cm³/mol. The number of hydrogen-bond donors (Lipinski definition) is 0. The van der Waals surface area contributed by atoms with E-state index < -0.39 is 23.4 Å². The molecule has 1 saturated heterocycles. The first-order chi connectivity index (χ1) is 23.6. The van der Waals surface area contributed by atoms with Crippen molar-refractivity contribution < 1.29 is 28.5 Å². The number of aromatic nitrogens is 4. The van der Waals surface area contributed by atoms with Gasteiger partial charge < -0.3 is 18.9 Å². The summed E-state index contributed by atoms with van der Waals surface area (Å²) in [6.45, 7) is 15.2. The molecule has 6 rings (SSSR count). The number of hydrogen-bond acceptors (Lipinski definition) is 9. The first kappa shape index (κ1) is 35.7. The minimum atomic E-state index is -0.996. The molecule has 1 aromatic carbocycles. The highest BCUT2D eigenvalue weighted by Crippen LogP contribution is 2.48. The van der Waals surface area contributed by atoms with Crippen LogP contribution in [0.5, 0.6) is 5.88 Å². The van der Waals surface area contributed by atoms with Crippen molar-refractivity contribution in [2.75, 3.05) is 23.4 Å². The van der Waals surface area contributed by atoms with Crippen LogP contribution in [0.3, 0.4) is 0 Å². The molecule has 12 nitrogen and oxygen atoms in total. The first-order valence-corrected chi connectivity index (χ1v) is 18.2. The van der Waals surface area contributed by atoms with Crippen molar-refractivity contribution in [2.24, 2.45) is 5.41 Å². The van der Waals surface area contributed by atoms with E-state index in [1.54, 1.807) is 52.3 Å². The Hall–Kier alpha value is -4.15. The van der Waals surface area contributed by atoms with Crippen molar-refractivity contribution >= 4 is 55.9 Å². The zero-order valence-corrected chi connectivity index (χ0v) is 31.6. The van der Waals surface area contributed by atoms with Gasteiger partial charge in [-0.05, 0) is 105 Å². The second-order valence-electron chi connectivity index (χ2n) is 15.4. The molecule has 13 heteroatoms. The lowest BCUT2D eigenvalue weighted by atomic mass is 10.1. The summed E-state index contributed by atoms with van der Waals surface area (Å²) in [6.07, 6.45) is 4.45. The summed E-state index contributed by atoms with van der Waals surface area (Å²) >= 11 is 3.63. The fourth-order valence-electron chi connectivity index (χ4n) is 6.19. The lowest BCUT2D eigenvalue weighted by Gasteiger charge is -2.29. The number of carbonyl (C=O) groups excluding carboxylic acids is 2. The monoisotopic (exact) mass is 748 g/mol. The van der Waals surface area contributed by atoms with E-state index in [-0.39, 0.29) is 23.0 Å². The number of benzene rings is 1. The van der Waals surface area contributed by atoms with Crippen LogP contribution in [0, 0.1) is 30.6 Å². The Morgan fingerprint density at radius 1 is 1.06 bits per heavy atom. The number of halogens is 1. The molecule has 4 aromatic rings. The van der Waals surface area contributed by atoms with E-state index in [2.05, 4.69) is 22.0 Å². The zero-order chi connectivity index (χ0) is 36.2. The van der Waals surface area contributed by atoms with E-state index in [0.29, 0.717) is 41.4 Å². The van der Waals surface area contributed by atoms with Gasteiger partial charge in [-0.25, -0.2) is 14.3 Å². The van der Waals surface area contributed by atoms with Gasteiger partial charge in [0.15, 0.2) is 17.7 Å². The highest BCUT2D eigenvalue weighted by atomic mass is 79.9. The topological polar surface area (TPSA) is 134 Å². The molecule has 2 fully saturated rings. The molecule has 0 bridgehead atoms. The molecule has 1 unspecified atom stereocenters. The van der Waals surface area contributed by atoms with Crippen molar-refractivity contribution in [1.82, 2.24) is 19.3 Å². The molecule has 0 N–H and O–H groups in total. The lowest BCUT2D eigenvalue weighted by Crippen LogP contribution is -2.45. The Kier molecular flexibility index (Phi) is 9.41. The van der Waals surface area contributed by atoms with Crippen LogP contribution in [0.1, 0.15) is 96.6 Å². The number of alkyl halides is 1. The minimum Gasteiger partial charge on any atom is -0.477 e. The van der Waals surface area contributed by atoms with Crippen LogP contribution in [0.2, 0.25) is 0 Å². The van der Waals surface area contributed by atoms with Gasteiger partial charge in [-0.1, -0.05) is 22.0 Å². The summed E-state index contributed by atoms with van der Waals surface area (Å²) in [7, 11) is 0. The van der Waals surface area contributed by atoms with Crippen LogP contribution in [0.15, 0.2) is 24.4 Å². The van der Waals surface area contributed by atoms with Gasteiger partial charge in [0.05, 0.1) is 24.0 Å². The van der Waals surface area contributed by atoms with Gasteiger partial charge >= 0.3 is 12.2 Å². The van der Waals surface area contributed by atoms with Crippen LogP contribution >= 0.6 is 15.9 Å². The Morgan fingerprint density at radius 2 is 1.74 bits per heavy atom. The third-order valence-corrected chi connectivity index (χ3v) is 10.1. The van der Waals surface area contributed by atoms with Crippen molar-refractivity contribution in [3.8, 4) is 17.6 Å². The number of pyridine rings is 1. The largest absolute Gasteiger partial charge is 0.477 e. The first-order valence-electron chi connectivity index (χ1n) is 17.1. The molecule has 0 spiro atoms. The van der Waals surface area contributed by atoms with Gasteiger partial charge in [0, 0.05) is 33.7 Å². The SMILES string of the molecule is Cc1cc2c(C#N)c(N(C(=O)OC(C)(C)C)C(=O)OC(C)(C)C)n(-c3c(C)ccc4c3cnn4C3CCCCO3)c2nc1OCC1(CBr)CC1. The Balaban J connectivity index is 1.67. The molecule has 2 aliphatic rings. The molecule has 266 valence electrons. The van der Waals surface area contributed by atoms with Crippen molar-refractivity contribution in [2.45, 2.75) is 105 Å². The van der Waals surface area contributed by atoms with Gasteiger partial charge in [-0.3, -0.25) is 4.57 Å². The molecular formula is C37H45BrN6O6. The average Bonchev–Trinajstić information content (AvgIpc) is 3.60. The second kappa shape index (κ2) is 13.2. The second-order valence-corrected chi connectivity index (χ2v) is 16.0. The molecule has 1 saturated carbocycles. The summed E-state index contributed by atoms with van der Waals surface area (Å²) in [4.78, 5) is 34.2. The third-order valence-electron chi connectivity index (χ3n) is 8.90. The van der Waals surface area contributed by atoms with E-state index >= 15 is 0 Å². The maximum Gasteiger partial charge on any atom is 0.425 e. The van der Waals surface area contributed by atoms with Crippen molar-refractivity contribution in [1.29, 1.82) is 5.26 Å². The number of fused-ring (bicyclic) bond motifs is 2. The summed E-state index contributed by atoms with van der Waals surface area (Å²) in [5.41, 5.74) is 1.37. The molecule has 3 aromatic heterocycles. The normalized spacial score (nSPS) is 17.4.